The molecular weight excluding hydrogens is 232 g/mol. The maximum Gasteiger partial charge on any atom is 0.0136 e. The van der Waals surface area contributed by atoms with E-state index < -0.39 is 0 Å². The summed E-state index contributed by atoms with van der Waals surface area (Å²) in [5, 5.41) is 3.73. The van der Waals surface area contributed by atoms with Gasteiger partial charge in [-0.25, -0.2) is 0 Å². The van der Waals surface area contributed by atoms with Gasteiger partial charge in [0.15, 0.2) is 0 Å². The Morgan fingerprint density at radius 2 is 1.63 bits per heavy atom. The van der Waals surface area contributed by atoms with Crippen LogP contribution in [0.2, 0.25) is 0 Å². The molecule has 0 aromatic rings. The van der Waals surface area contributed by atoms with Crippen molar-refractivity contribution in [1.82, 2.24) is 10.2 Å². The van der Waals surface area contributed by atoms with Gasteiger partial charge < -0.3 is 10.2 Å². The molecule has 1 N–H and O–H groups in total. The van der Waals surface area contributed by atoms with Crippen LogP contribution >= 0.6 is 0 Å². The summed E-state index contributed by atoms with van der Waals surface area (Å²) in [5.41, 5.74) is 0.513. The maximum absolute atomic E-state index is 3.73. The van der Waals surface area contributed by atoms with Gasteiger partial charge in [0, 0.05) is 12.1 Å². The maximum atomic E-state index is 3.73. The van der Waals surface area contributed by atoms with Crippen LogP contribution in [0.3, 0.4) is 0 Å². The van der Waals surface area contributed by atoms with Crippen LogP contribution in [0.5, 0.6) is 0 Å². The van der Waals surface area contributed by atoms with E-state index in [4.69, 9.17) is 0 Å². The highest BCUT2D eigenvalue weighted by atomic mass is 15.2. The minimum absolute atomic E-state index is 0.513. The molecule has 2 aliphatic carbocycles. The third kappa shape index (κ3) is 3.33. The van der Waals surface area contributed by atoms with E-state index in [-0.39, 0.29) is 0 Å². The van der Waals surface area contributed by atoms with Gasteiger partial charge in [-0.15, -0.1) is 0 Å². The van der Waals surface area contributed by atoms with Crippen LogP contribution in [0.1, 0.15) is 59.3 Å². The summed E-state index contributed by atoms with van der Waals surface area (Å²) >= 11 is 0. The molecule has 0 aromatic carbocycles. The monoisotopic (exact) mass is 264 g/mol. The van der Waals surface area contributed by atoms with Crippen molar-refractivity contribution in [2.24, 2.45) is 17.3 Å². The van der Waals surface area contributed by atoms with Gasteiger partial charge in [0.1, 0.15) is 0 Å². The Morgan fingerprint density at radius 3 is 2.11 bits per heavy atom. The fraction of sp³-hybridized carbons (Fsp3) is 1.00. The van der Waals surface area contributed by atoms with Crippen molar-refractivity contribution in [1.29, 1.82) is 0 Å². The van der Waals surface area contributed by atoms with Gasteiger partial charge in [0.05, 0.1) is 0 Å². The standard InChI is InChI=1S/C17H32N2/c1-17(2,3)14-8-10-19(11-9-14)16-7-4-13(16)12-18-15-5-6-15/h13-16,18H,4-12H2,1-3H3. The van der Waals surface area contributed by atoms with E-state index in [0.717, 1.165) is 23.9 Å². The molecule has 2 atom stereocenters. The first-order chi connectivity index (χ1) is 9.04. The molecule has 1 aliphatic heterocycles. The van der Waals surface area contributed by atoms with Crippen LogP contribution in [0.15, 0.2) is 0 Å². The summed E-state index contributed by atoms with van der Waals surface area (Å²) in [6, 6.07) is 1.79. The number of nitrogens with zero attached hydrogens (tertiary/aromatic N) is 1. The zero-order chi connectivity index (χ0) is 13.5. The lowest BCUT2D eigenvalue weighted by Crippen LogP contribution is -2.53. The lowest BCUT2D eigenvalue weighted by Gasteiger charge is -2.48. The highest BCUT2D eigenvalue weighted by molar-refractivity contribution is 4.94. The van der Waals surface area contributed by atoms with Crippen molar-refractivity contribution in [2.75, 3.05) is 19.6 Å². The Hall–Kier alpha value is -0.0800. The average Bonchev–Trinajstić information content (AvgIpc) is 3.11. The molecule has 110 valence electrons. The van der Waals surface area contributed by atoms with E-state index in [0.29, 0.717) is 5.41 Å². The molecule has 1 heterocycles. The molecule has 3 fully saturated rings. The van der Waals surface area contributed by atoms with Crippen molar-refractivity contribution in [3.63, 3.8) is 0 Å². The quantitative estimate of drug-likeness (QED) is 0.838. The molecule has 0 aromatic heterocycles. The van der Waals surface area contributed by atoms with Crippen molar-refractivity contribution in [3.05, 3.63) is 0 Å². The topological polar surface area (TPSA) is 15.3 Å². The van der Waals surface area contributed by atoms with Crippen molar-refractivity contribution in [3.8, 4) is 0 Å². The molecule has 0 amide bonds. The van der Waals surface area contributed by atoms with E-state index >= 15 is 0 Å². The molecule has 3 rings (SSSR count). The highest BCUT2D eigenvalue weighted by Crippen LogP contribution is 2.39. The van der Waals surface area contributed by atoms with Crippen molar-refractivity contribution >= 4 is 0 Å². The fourth-order valence-corrected chi connectivity index (χ4v) is 3.97. The average molecular weight is 264 g/mol. The molecule has 0 bridgehead atoms. The van der Waals surface area contributed by atoms with Crippen molar-refractivity contribution in [2.45, 2.75) is 71.4 Å². The third-order valence-corrected chi connectivity index (χ3v) is 5.85. The van der Waals surface area contributed by atoms with Crippen LogP contribution in [-0.4, -0.2) is 36.6 Å². The summed E-state index contributed by atoms with van der Waals surface area (Å²) < 4.78 is 0. The molecule has 2 heteroatoms. The number of hydrogen-bond acceptors (Lipinski definition) is 2. The van der Waals surface area contributed by atoms with Gasteiger partial charge in [-0.05, 0) is 75.4 Å². The molecule has 0 spiro atoms. The van der Waals surface area contributed by atoms with Crippen LogP contribution < -0.4 is 5.32 Å². The number of likely N-dealkylation sites (tertiary alicyclic amines) is 1. The Balaban J connectivity index is 1.43. The summed E-state index contributed by atoms with van der Waals surface area (Å²) in [4.78, 5) is 2.81. The van der Waals surface area contributed by atoms with E-state index in [2.05, 4.69) is 31.0 Å². The first-order valence-electron chi connectivity index (χ1n) is 8.51. The smallest absolute Gasteiger partial charge is 0.0136 e. The second-order valence-corrected chi connectivity index (χ2v) is 8.26. The molecule has 3 aliphatic rings. The van der Waals surface area contributed by atoms with E-state index in [1.54, 1.807) is 0 Å². The minimum atomic E-state index is 0.513. The Labute approximate surface area is 119 Å². The molecule has 2 nitrogen and oxygen atoms in total. The Kier molecular flexibility index (Phi) is 3.92. The largest absolute Gasteiger partial charge is 0.314 e. The zero-order valence-electron chi connectivity index (χ0n) is 13.1. The third-order valence-electron chi connectivity index (χ3n) is 5.85. The van der Waals surface area contributed by atoms with Gasteiger partial charge in [-0.1, -0.05) is 20.8 Å². The van der Waals surface area contributed by atoms with Crippen LogP contribution in [0.25, 0.3) is 0 Å². The second kappa shape index (κ2) is 5.37. The Bertz CT molecular complexity index is 295. The Morgan fingerprint density at radius 1 is 0.947 bits per heavy atom. The summed E-state index contributed by atoms with van der Waals surface area (Å²) in [7, 11) is 0. The summed E-state index contributed by atoms with van der Waals surface area (Å²) in [6.07, 6.45) is 8.61. The van der Waals surface area contributed by atoms with Gasteiger partial charge in [0.2, 0.25) is 0 Å². The van der Waals surface area contributed by atoms with E-state index in [1.165, 1.54) is 58.2 Å². The SMILES string of the molecule is CC(C)(C)C1CCN(C2CCC2CNC2CC2)CC1. The zero-order valence-corrected chi connectivity index (χ0v) is 13.1. The van der Waals surface area contributed by atoms with Gasteiger partial charge >= 0.3 is 0 Å². The van der Waals surface area contributed by atoms with Crippen LogP contribution in [0.4, 0.5) is 0 Å². The second-order valence-electron chi connectivity index (χ2n) is 8.26. The molecule has 2 saturated carbocycles. The normalized spacial score (nSPS) is 34.3. The van der Waals surface area contributed by atoms with Gasteiger partial charge in [-0.3, -0.25) is 0 Å². The highest BCUT2D eigenvalue weighted by Gasteiger charge is 2.39. The summed E-state index contributed by atoms with van der Waals surface area (Å²) in [5.74, 6) is 1.89. The number of hydrogen-bond donors (Lipinski definition) is 1. The van der Waals surface area contributed by atoms with Gasteiger partial charge in [0.25, 0.3) is 0 Å². The first-order valence-corrected chi connectivity index (χ1v) is 8.51. The molecule has 0 radical (unpaired) electrons. The fourth-order valence-electron chi connectivity index (χ4n) is 3.97. The van der Waals surface area contributed by atoms with E-state index in [9.17, 15) is 0 Å². The van der Waals surface area contributed by atoms with Gasteiger partial charge in [-0.2, -0.15) is 0 Å². The number of nitrogens with one attached hydrogen (secondary N) is 1. The molecular formula is C17H32N2. The van der Waals surface area contributed by atoms with Crippen LogP contribution in [-0.2, 0) is 0 Å². The van der Waals surface area contributed by atoms with E-state index in [1.807, 2.05) is 0 Å². The summed E-state index contributed by atoms with van der Waals surface area (Å²) in [6.45, 7) is 11.2. The molecule has 19 heavy (non-hydrogen) atoms. The van der Waals surface area contributed by atoms with Crippen molar-refractivity contribution < 1.29 is 0 Å². The predicted molar refractivity (Wildman–Crippen MR) is 81.3 cm³/mol. The lowest BCUT2D eigenvalue weighted by molar-refractivity contribution is 0.0161. The van der Waals surface area contributed by atoms with Crippen LogP contribution in [0, 0.1) is 17.3 Å². The number of piperidine rings is 1. The first kappa shape index (κ1) is 13.9. The lowest BCUT2D eigenvalue weighted by atomic mass is 9.73. The molecule has 1 saturated heterocycles. The minimum Gasteiger partial charge on any atom is -0.314 e. The predicted octanol–water partition coefficient (Wildman–Crippen LogP) is 3.28. The number of rotatable bonds is 4. The molecule has 2 unspecified atom stereocenters.